The van der Waals surface area contributed by atoms with E-state index in [1.54, 1.807) is 7.11 Å². The third-order valence-electron chi connectivity index (χ3n) is 10.0. The second kappa shape index (κ2) is 12.6. The molecule has 0 N–H and O–H groups in total. The fourth-order valence-corrected chi connectivity index (χ4v) is 7.42. The third kappa shape index (κ3) is 5.38. The highest BCUT2D eigenvalue weighted by Gasteiger charge is 2.21. The second-order valence-electron chi connectivity index (χ2n) is 13.2. The number of hydrogen-bond donors (Lipinski definition) is 0. The molecule has 0 unspecified atom stereocenters. The molecular weight excluding hydrogens is 651 g/mol. The molecule has 0 bridgehead atoms. The van der Waals surface area contributed by atoms with Gasteiger partial charge in [0.1, 0.15) is 16.9 Å². The van der Waals surface area contributed by atoms with Gasteiger partial charge in [-0.15, -0.1) is 0 Å². The van der Waals surface area contributed by atoms with Gasteiger partial charge in [-0.05, 0) is 68.6 Å². The number of benzene rings is 8. The lowest BCUT2D eigenvalue weighted by atomic mass is 9.95. The van der Waals surface area contributed by atoms with Crippen LogP contribution in [0, 0.1) is 0 Å². The molecule has 5 heteroatoms. The highest BCUT2D eigenvalue weighted by atomic mass is 16.5. The fraction of sp³-hybridized carbons (Fsp3) is 0.0208. The van der Waals surface area contributed by atoms with E-state index in [0.29, 0.717) is 17.5 Å². The Kier molecular flexibility index (Phi) is 7.29. The smallest absolute Gasteiger partial charge is 0.164 e. The molecular formula is C48H31N3O2. The summed E-state index contributed by atoms with van der Waals surface area (Å²) in [4.78, 5) is 15.6. The molecule has 250 valence electrons. The molecule has 0 spiro atoms. The van der Waals surface area contributed by atoms with Gasteiger partial charge in [0, 0.05) is 33.0 Å². The average Bonchev–Trinajstić information content (AvgIpc) is 3.62. The molecule has 0 saturated carbocycles. The number of hydrogen-bond acceptors (Lipinski definition) is 5. The lowest BCUT2D eigenvalue weighted by molar-refractivity contribution is 0.416. The van der Waals surface area contributed by atoms with Crippen LogP contribution in [0.5, 0.6) is 5.75 Å². The Labute approximate surface area is 305 Å². The Morgan fingerprint density at radius 2 is 0.962 bits per heavy atom. The zero-order chi connectivity index (χ0) is 35.3. The van der Waals surface area contributed by atoms with Crippen LogP contribution in [0.2, 0.25) is 0 Å². The molecule has 10 rings (SSSR count). The largest absolute Gasteiger partial charge is 0.496 e. The molecule has 53 heavy (non-hydrogen) atoms. The van der Waals surface area contributed by atoms with Gasteiger partial charge in [0.05, 0.1) is 7.11 Å². The van der Waals surface area contributed by atoms with E-state index in [2.05, 4.69) is 127 Å². The van der Waals surface area contributed by atoms with Crippen LogP contribution in [0.25, 0.3) is 99.9 Å². The highest BCUT2D eigenvalue weighted by Crippen LogP contribution is 2.41. The Morgan fingerprint density at radius 1 is 0.415 bits per heavy atom. The Balaban J connectivity index is 1.17. The number of nitrogens with zero attached hydrogens (tertiary/aromatic N) is 3. The highest BCUT2D eigenvalue weighted by molar-refractivity contribution is 6.11. The van der Waals surface area contributed by atoms with Crippen LogP contribution >= 0.6 is 0 Å². The molecule has 5 nitrogen and oxygen atoms in total. The van der Waals surface area contributed by atoms with Crippen molar-refractivity contribution >= 4 is 43.5 Å². The van der Waals surface area contributed by atoms with Crippen molar-refractivity contribution in [2.45, 2.75) is 0 Å². The number of rotatable bonds is 6. The maximum absolute atomic E-state index is 6.27. The average molecular weight is 682 g/mol. The zero-order valence-electron chi connectivity index (χ0n) is 28.8. The summed E-state index contributed by atoms with van der Waals surface area (Å²) in [6, 6.07) is 58.5. The van der Waals surface area contributed by atoms with E-state index in [1.165, 1.54) is 16.3 Å². The zero-order valence-corrected chi connectivity index (χ0v) is 28.8. The number of ether oxygens (including phenoxy) is 1. The lowest BCUT2D eigenvalue weighted by Crippen LogP contribution is -2.02. The van der Waals surface area contributed by atoms with Crippen LogP contribution in [0.3, 0.4) is 0 Å². The molecule has 2 heterocycles. The summed E-state index contributed by atoms with van der Waals surface area (Å²) in [6.07, 6.45) is 0. The SMILES string of the molecule is COc1cccc(-c2nc(-c3ccc4ccccc4c3)nc(-c3cccc4oc5ccccc5c34)n2)c1-c1ccc(-c2ccc3ccccc3c2)cc1. The molecule has 8 aromatic carbocycles. The van der Waals surface area contributed by atoms with E-state index >= 15 is 0 Å². The van der Waals surface area contributed by atoms with E-state index in [9.17, 15) is 0 Å². The first-order chi connectivity index (χ1) is 26.2. The first-order valence-corrected chi connectivity index (χ1v) is 17.6. The number of fused-ring (bicyclic) bond motifs is 5. The molecule has 0 amide bonds. The molecule has 0 radical (unpaired) electrons. The second-order valence-corrected chi connectivity index (χ2v) is 13.2. The fourth-order valence-electron chi connectivity index (χ4n) is 7.42. The topological polar surface area (TPSA) is 61.0 Å². The molecule has 0 aliphatic heterocycles. The molecule has 10 aromatic rings. The molecule has 0 aliphatic rings. The van der Waals surface area contributed by atoms with E-state index in [1.807, 2.05) is 42.5 Å². The van der Waals surface area contributed by atoms with Crippen LogP contribution < -0.4 is 4.74 Å². The van der Waals surface area contributed by atoms with E-state index < -0.39 is 0 Å². The van der Waals surface area contributed by atoms with Gasteiger partial charge in [-0.1, -0.05) is 140 Å². The normalized spacial score (nSPS) is 11.5. The Hall–Kier alpha value is -7.11. The molecule has 2 aromatic heterocycles. The van der Waals surface area contributed by atoms with Crippen molar-refractivity contribution in [1.29, 1.82) is 0 Å². The van der Waals surface area contributed by atoms with Crippen molar-refractivity contribution in [3.63, 3.8) is 0 Å². The summed E-state index contributed by atoms with van der Waals surface area (Å²) in [7, 11) is 1.70. The van der Waals surface area contributed by atoms with E-state index in [-0.39, 0.29) is 0 Å². The molecule has 0 saturated heterocycles. The summed E-state index contributed by atoms with van der Waals surface area (Å²) < 4.78 is 12.3. The van der Waals surface area contributed by atoms with Crippen molar-refractivity contribution in [3.8, 4) is 62.2 Å². The third-order valence-corrected chi connectivity index (χ3v) is 10.0. The Bertz CT molecular complexity index is 3000. The summed E-state index contributed by atoms with van der Waals surface area (Å²) in [5.41, 5.74) is 8.44. The van der Waals surface area contributed by atoms with Crippen molar-refractivity contribution in [1.82, 2.24) is 15.0 Å². The summed E-state index contributed by atoms with van der Waals surface area (Å²) in [5.74, 6) is 2.44. The van der Waals surface area contributed by atoms with Gasteiger partial charge in [0.25, 0.3) is 0 Å². The van der Waals surface area contributed by atoms with Gasteiger partial charge < -0.3 is 9.15 Å². The molecule has 0 fully saturated rings. The Morgan fingerprint density at radius 3 is 1.72 bits per heavy atom. The maximum Gasteiger partial charge on any atom is 0.164 e. The summed E-state index contributed by atoms with van der Waals surface area (Å²) in [6.45, 7) is 0. The summed E-state index contributed by atoms with van der Waals surface area (Å²) >= 11 is 0. The van der Waals surface area contributed by atoms with Gasteiger partial charge in [0.15, 0.2) is 17.5 Å². The first kappa shape index (κ1) is 30.7. The first-order valence-electron chi connectivity index (χ1n) is 17.6. The van der Waals surface area contributed by atoms with Gasteiger partial charge in [-0.2, -0.15) is 0 Å². The number of aromatic nitrogens is 3. The number of para-hydroxylation sites is 1. The van der Waals surface area contributed by atoms with E-state index in [0.717, 1.165) is 71.8 Å². The minimum absolute atomic E-state index is 0.551. The minimum atomic E-state index is 0.551. The predicted octanol–water partition coefficient (Wildman–Crippen LogP) is 12.4. The number of furan rings is 1. The van der Waals surface area contributed by atoms with Crippen molar-refractivity contribution in [2.75, 3.05) is 7.11 Å². The van der Waals surface area contributed by atoms with Gasteiger partial charge >= 0.3 is 0 Å². The molecule has 0 atom stereocenters. The van der Waals surface area contributed by atoms with Crippen LogP contribution in [-0.2, 0) is 0 Å². The quantitative estimate of drug-likeness (QED) is 0.175. The molecule has 0 aliphatic carbocycles. The van der Waals surface area contributed by atoms with Crippen molar-refractivity contribution in [3.05, 3.63) is 170 Å². The van der Waals surface area contributed by atoms with Gasteiger partial charge in [-0.25, -0.2) is 15.0 Å². The van der Waals surface area contributed by atoms with Crippen molar-refractivity contribution in [2.24, 2.45) is 0 Å². The van der Waals surface area contributed by atoms with Gasteiger partial charge in [0.2, 0.25) is 0 Å². The standard InChI is InChI=1S/C48H31N3O2/c1-52-42-18-8-15-39(44(42)33-24-20-32(21-25-33)36-26-22-30-10-2-4-12-34(30)28-36)47-49-46(37-27-23-31-11-3-5-13-35(31)29-37)50-48(51-47)40-16-9-19-43-45(40)38-14-6-7-17-41(38)53-43/h2-29H,1H3. The van der Waals surface area contributed by atoms with Crippen LogP contribution in [0.1, 0.15) is 0 Å². The van der Waals surface area contributed by atoms with Gasteiger partial charge in [-0.3, -0.25) is 0 Å². The lowest BCUT2D eigenvalue weighted by Gasteiger charge is -2.16. The summed E-state index contributed by atoms with van der Waals surface area (Å²) in [5, 5.41) is 6.70. The maximum atomic E-state index is 6.27. The van der Waals surface area contributed by atoms with Crippen molar-refractivity contribution < 1.29 is 9.15 Å². The van der Waals surface area contributed by atoms with Crippen LogP contribution in [-0.4, -0.2) is 22.1 Å². The number of methoxy groups -OCH3 is 1. The minimum Gasteiger partial charge on any atom is -0.496 e. The van der Waals surface area contributed by atoms with Crippen LogP contribution in [0.4, 0.5) is 0 Å². The van der Waals surface area contributed by atoms with E-state index in [4.69, 9.17) is 24.1 Å². The predicted molar refractivity (Wildman–Crippen MR) is 216 cm³/mol. The van der Waals surface area contributed by atoms with Crippen LogP contribution in [0.15, 0.2) is 174 Å². The monoisotopic (exact) mass is 681 g/mol.